The van der Waals surface area contributed by atoms with Crippen molar-refractivity contribution in [3.05, 3.63) is 0 Å². The van der Waals surface area contributed by atoms with E-state index in [0.29, 0.717) is 12.3 Å². The number of carbonyl (C=O) groups excluding carboxylic acids is 1. The molecule has 0 saturated heterocycles. The lowest BCUT2D eigenvalue weighted by Gasteiger charge is -2.23. The second-order valence-corrected chi connectivity index (χ2v) is 6.37. The minimum Gasteiger partial charge on any atom is -0.343 e. The monoisotopic (exact) mass is 298 g/mol. The van der Waals surface area contributed by atoms with Crippen LogP contribution in [0.1, 0.15) is 91.4 Å². The van der Waals surface area contributed by atoms with Crippen LogP contribution in [-0.2, 0) is 4.79 Å². The number of rotatable bonds is 14. The van der Waals surface area contributed by atoms with E-state index in [1.807, 2.05) is 6.92 Å². The molecule has 0 aromatic rings. The third-order valence-corrected chi connectivity index (χ3v) is 3.97. The Kier molecular flexibility index (Phi) is 14.0. The molecule has 0 fully saturated rings. The van der Waals surface area contributed by atoms with Crippen molar-refractivity contribution < 1.29 is 4.79 Å². The van der Waals surface area contributed by atoms with Crippen LogP contribution >= 0.6 is 0 Å². The Morgan fingerprint density at radius 1 is 0.905 bits per heavy atom. The molecular formula is C18H38N2O. The third kappa shape index (κ3) is 12.9. The van der Waals surface area contributed by atoms with E-state index >= 15 is 0 Å². The first-order chi connectivity index (χ1) is 10.1. The Labute approximate surface area is 132 Å². The zero-order valence-electron chi connectivity index (χ0n) is 14.7. The molecule has 1 amide bonds. The Bertz CT molecular complexity index is 229. The largest absolute Gasteiger partial charge is 0.343 e. The maximum absolute atomic E-state index is 12.3. The van der Waals surface area contributed by atoms with Gasteiger partial charge in [0.1, 0.15) is 0 Å². The van der Waals surface area contributed by atoms with Gasteiger partial charge in [0, 0.05) is 25.6 Å². The minimum atomic E-state index is 0.209. The summed E-state index contributed by atoms with van der Waals surface area (Å²) in [5.41, 5.74) is 5.76. The highest BCUT2D eigenvalue weighted by atomic mass is 16.2. The van der Waals surface area contributed by atoms with E-state index in [1.54, 1.807) is 0 Å². The van der Waals surface area contributed by atoms with E-state index < -0.39 is 0 Å². The molecule has 0 heterocycles. The Morgan fingerprint density at radius 2 is 1.43 bits per heavy atom. The standard InChI is InChI=1S/C18H38N2O/c1-4-6-8-10-15-20(16-11-9-7-5-2)18(21)14-12-13-17(3)19/h17H,4-16,19H2,1-3H3. The molecule has 0 saturated carbocycles. The molecule has 21 heavy (non-hydrogen) atoms. The van der Waals surface area contributed by atoms with Gasteiger partial charge in [-0.2, -0.15) is 0 Å². The molecule has 126 valence electrons. The highest BCUT2D eigenvalue weighted by molar-refractivity contribution is 5.76. The van der Waals surface area contributed by atoms with Gasteiger partial charge in [0.15, 0.2) is 0 Å². The molecule has 1 atom stereocenters. The third-order valence-electron chi connectivity index (χ3n) is 3.97. The molecule has 0 bridgehead atoms. The van der Waals surface area contributed by atoms with E-state index in [-0.39, 0.29) is 6.04 Å². The Hall–Kier alpha value is -0.570. The van der Waals surface area contributed by atoms with Crippen LogP contribution in [0.15, 0.2) is 0 Å². The lowest BCUT2D eigenvalue weighted by molar-refractivity contribution is -0.131. The fourth-order valence-corrected chi connectivity index (χ4v) is 2.55. The van der Waals surface area contributed by atoms with E-state index in [9.17, 15) is 4.79 Å². The fourth-order valence-electron chi connectivity index (χ4n) is 2.55. The van der Waals surface area contributed by atoms with Crippen molar-refractivity contribution in [3.63, 3.8) is 0 Å². The highest BCUT2D eigenvalue weighted by Gasteiger charge is 2.12. The predicted octanol–water partition coefficient (Wildman–Crippen LogP) is 4.49. The summed E-state index contributed by atoms with van der Waals surface area (Å²) in [6.45, 7) is 8.35. The zero-order valence-corrected chi connectivity index (χ0v) is 14.7. The van der Waals surface area contributed by atoms with E-state index in [4.69, 9.17) is 5.73 Å². The lowest BCUT2D eigenvalue weighted by Crippen LogP contribution is -2.33. The molecule has 0 aromatic carbocycles. The van der Waals surface area contributed by atoms with Crippen molar-refractivity contribution in [1.29, 1.82) is 0 Å². The number of unbranched alkanes of at least 4 members (excludes halogenated alkanes) is 6. The SMILES string of the molecule is CCCCCCN(CCCCCC)C(=O)CCCC(C)N. The second-order valence-electron chi connectivity index (χ2n) is 6.37. The molecule has 3 heteroatoms. The quantitative estimate of drug-likeness (QED) is 0.480. The summed E-state index contributed by atoms with van der Waals surface area (Å²) in [6.07, 6.45) is 12.4. The smallest absolute Gasteiger partial charge is 0.222 e. The maximum atomic E-state index is 12.3. The summed E-state index contributed by atoms with van der Waals surface area (Å²) in [4.78, 5) is 14.4. The number of nitrogens with two attached hydrogens (primary N) is 1. The first kappa shape index (κ1) is 20.4. The van der Waals surface area contributed by atoms with Gasteiger partial charge in [0.05, 0.1) is 0 Å². The summed E-state index contributed by atoms with van der Waals surface area (Å²) in [7, 11) is 0. The predicted molar refractivity (Wildman–Crippen MR) is 92.4 cm³/mol. The average Bonchev–Trinajstić information content (AvgIpc) is 2.45. The van der Waals surface area contributed by atoms with Crippen LogP contribution in [0.2, 0.25) is 0 Å². The zero-order chi connectivity index (χ0) is 15.9. The summed E-state index contributed by atoms with van der Waals surface area (Å²) < 4.78 is 0. The first-order valence-corrected chi connectivity index (χ1v) is 9.15. The number of nitrogens with zero attached hydrogens (tertiary/aromatic N) is 1. The van der Waals surface area contributed by atoms with Crippen molar-refractivity contribution in [2.45, 2.75) is 97.4 Å². The molecule has 0 spiro atoms. The van der Waals surface area contributed by atoms with Crippen molar-refractivity contribution >= 4 is 5.91 Å². The van der Waals surface area contributed by atoms with Gasteiger partial charge in [-0.05, 0) is 32.6 Å². The van der Waals surface area contributed by atoms with E-state index in [1.165, 1.54) is 38.5 Å². The number of hydrogen-bond acceptors (Lipinski definition) is 2. The van der Waals surface area contributed by atoms with Crippen LogP contribution < -0.4 is 5.73 Å². The van der Waals surface area contributed by atoms with Crippen LogP contribution in [0, 0.1) is 0 Å². The second kappa shape index (κ2) is 14.4. The van der Waals surface area contributed by atoms with Gasteiger partial charge in [0.25, 0.3) is 0 Å². The van der Waals surface area contributed by atoms with Crippen molar-refractivity contribution in [2.24, 2.45) is 5.73 Å². The molecule has 0 aromatic heterocycles. The van der Waals surface area contributed by atoms with Gasteiger partial charge in [0.2, 0.25) is 5.91 Å². The van der Waals surface area contributed by atoms with Crippen molar-refractivity contribution in [2.75, 3.05) is 13.1 Å². The first-order valence-electron chi connectivity index (χ1n) is 9.15. The maximum Gasteiger partial charge on any atom is 0.222 e. The van der Waals surface area contributed by atoms with Crippen molar-refractivity contribution in [3.8, 4) is 0 Å². The van der Waals surface area contributed by atoms with E-state index in [2.05, 4.69) is 18.7 Å². The topological polar surface area (TPSA) is 46.3 Å². The summed E-state index contributed by atoms with van der Waals surface area (Å²) in [6, 6.07) is 0.209. The molecule has 0 radical (unpaired) electrons. The van der Waals surface area contributed by atoms with Gasteiger partial charge in [-0.1, -0.05) is 52.4 Å². The Morgan fingerprint density at radius 3 is 1.86 bits per heavy atom. The van der Waals surface area contributed by atoms with Crippen molar-refractivity contribution in [1.82, 2.24) is 4.90 Å². The van der Waals surface area contributed by atoms with Crippen LogP contribution in [0.25, 0.3) is 0 Å². The Balaban J connectivity index is 4.04. The molecule has 2 N–H and O–H groups in total. The molecule has 1 unspecified atom stereocenters. The summed E-state index contributed by atoms with van der Waals surface area (Å²) >= 11 is 0. The summed E-state index contributed by atoms with van der Waals surface area (Å²) in [5.74, 6) is 0.337. The molecule has 3 nitrogen and oxygen atoms in total. The molecular weight excluding hydrogens is 260 g/mol. The summed E-state index contributed by atoms with van der Waals surface area (Å²) in [5, 5.41) is 0. The fraction of sp³-hybridized carbons (Fsp3) is 0.944. The molecule has 0 aliphatic heterocycles. The van der Waals surface area contributed by atoms with Crippen LogP contribution in [0.4, 0.5) is 0 Å². The number of hydrogen-bond donors (Lipinski definition) is 1. The molecule has 0 aliphatic rings. The van der Waals surface area contributed by atoms with Gasteiger partial charge < -0.3 is 10.6 Å². The van der Waals surface area contributed by atoms with E-state index in [0.717, 1.165) is 38.8 Å². The average molecular weight is 299 g/mol. The molecule has 0 rings (SSSR count). The highest BCUT2D eigenvalue weighted by Crippen LogP contribution is 2.09. The number of carbonyl (C=O) groups is 1. The van der Waals surface area contributed by atoms with Crippen LogP contribution in [-0.4, -0.2) is 29.9 Å². The van der Waals surface area contributed by atoms with Gasteiger partial charge >= 0.3 is 0 Å². The lowest BCUT2D eigenvalue weighted by atomic mass is 10.1. The van der Waals surface area contributed by atoms with Crippen LogP contribution in [0.5, 0.6) is 0 Å². The van der Waals surface area contributed by atoms with Gasteiger partial charge in [-0.3, -0.25) is 4.79 Å². The normalized spacial score (nSPS) is 12.4. The van der Waals surface area contributed by atoms with Crippen LogP contribution in [0.3, 0.4) is 0 Å². The number of amides is 1. The van der Waals surface area contributed by atoms with Gasteiger partial charge in [-0.25, -0.2) is 0 Å². The minimum absolute atomic E-state index is 0.209. The molecule has 0 aliphatic carbocycles. The van der Waals surface area contributed by atoms with Gasteiger partial charge in [-0.15, -0.1) is 0 Å².